The quantitative estimate of drug-likeness (QED) is 0.870. The lowest BCUT2D eigenvalue weighted by molar-refractivity contribution is 0.710. The van der Waals surface area contributed by atoms with Gasteiger partial charge in [-0.1, -0.05) is 6.92 Å². The van der Waals surface area contributed by atoms with Gasteiger partial charge < -0.3 is 10.2 Å². The first-order chi connectivity index (χ1) is 9.19. The van der Waals surface area contributed by atoms with Crippen LogP contribution in [-0.4, -0.2) is 18.6 Å². The molecule has 102 valence electrons. The van der Waals surface area contributed by atoms with E-state index in [9.17, 15) is 0 Å². The van der Waals surface area contributed by atoms with Gasteiger partial charge in [-0.3, -0.25) is 4.98 Å². The Morgan fingerprint density at radius 1 is 1.42 bits per heavy atom. The highest BCUT2D eigenvalue weighted by molar-refractivity contribution is 9.10. The summed E-state index contributed by atoms with van der Waals surface area (Å²) in [5.41, 5.74) is 2.28. The predicted octanol–water partition coefficient (Wildman–Crippen LogP) is 3.65. The fourth-order valence-electron chi connectivity index (χ4n) is 1.81. The van der Waals surface area contributed by atoms with Gasteiger partial charge in [0.25, 0.3) is 0 Å². The number of hydrogen-bond acceptors (Lipinski definition) is 4. The molecule has 0 bridgehead atoms. The third-order valence-corrected chi connectivity index (χ3v) is 4.49. The van der Waals surface area contributed by atoms with Gasteiger partial charge in [0.05, 0.1) is 12.2 Å². The Morgan fingerprint density at radius 2 is 2.26 bits per heavy atom. The molecule has 0 aliphatic rings. The van der Waals surface area contributed by atoms with E-state index in [1.165, 1.54) is 10.6 Å². The van der Waals surface area contributed by atoms with Gasteiger partial charge in [0.2, 0.25) is 0 Å². The van der Waals surface area contributed by atoms with Crippen LogP contribution in [0.25, 0.3) is 0 Å². The number of halogens is 1. The van der Waals surface area contributed by atoms with E-state index in [1.807, 2.05) is 6.20 Å². The van der Waals surface area contributed by atoms with Crippen molar-refractivity contribution in [3.63, 3.8) is 0 Å². The highest BCUT2D eigenvalue weighted by Crippen LogP contribution is 2.23. The minimum atomic E-state index is 0.822. The summed E-state index contributed by atoms with van der Waals surface area (Å²) < 4.78 is 1.16. The van der Waals surface area contributed by atoms with Crippen LogP contribution in [0, 0.1) is 0 Å². The molecule has 0 unspecified atom stereocenters. The maximum atomic E-state index is 4.38. The molecule has 0 aliphatic carbocycles. The Hall–Kier alpha value is -0.910. The zero-order valence-corrected chi connectivity index (χ0v) is 13.6. The topological polar surface area (TPSA) is 28.2 Å². The minimum Gasteiger partial charge on any atom is -0.369 e. The molecular formula is C14H18BrN3S. The number of pyridine rings is 1. The summed E-state index contributed by atoms with van der Waals surface area (Å²) in [5, 5.41) is 5.42. The van der Waals surface area contributed by atoms with E-state index in [4.69, 9.17) is 0 Å². The maximum absolute atomic E-state index is 4.38. The average Bonchev–Trinajstić information content (AvgIpc) is 2.82. The molecule has 2 rings (SSSR count). The van der Waals surface area contributed by atoms with E-state index in [2.05, 4.69) is 68.7 Å². The largest absolute Gasteiger partial charge is 0.369 e. The van der Waals surface area contributed by atoms with Gasteiger partial charge in [0.15, 0.2) is 0 Å². The van der Waals surface area contributed by atoms with E-state index >= 15 is 0 Å². The summed E-state index contributed by atoms with van der Waals surface area (Å²) in [4.78, 5) is 7.97. The second-order valence-electron chi connectivity index (χ2n) is 4.37. The van der Waals surface area contributed by atoms with Crippen LogP contribution >= 0.6 is 27.3 Å². The molecule has 2 aromatic heterocycles. The number of aromatic nitrogens is 1. The normalized spacial score (nSPS) is 10.7. The fraction of sp³-hybridized carbons (Fsp3) is 0.357. The van der Waals surface area contributed by atoms with Crippen molar-refractivity contribution in [1.82, 2.24) is 10.3 Å². The summed E-state index contributed by atoms with van der Waals surface area (Å²) in [6.07, 6.45) is 1.88. The standard InChI is InChI=1S/C14H18BrN3S/c1-3-16-8-12-7-13(4-5-17-12)18(2)9-14-6-11(15)10-19-14/h4-7,10,16H,3,8-9H2,1-2H3. The van der Waals surface area contributed by atoms with Crippen LogP contribution in [0.4, 0.5) is 5.69 Å². The first-order valence-electron chi connectivity index (χ1n) is 6.28. The monoisotopic (exact) mass is 339 g/mol. The molecule has 0 saturated carbocycles. The molecule has 0 atom stereocenters. The lowest BCUT2D eigenvalue weighted by Gasteiger charge is -2.19. The van der Waals surface area contributed by atoms with Crippen LogP contribution in [0.5, 0.6) is 0 Å². The zero-order chi connectivity index (χ0) is 13.7. The van der Waals surface area contributed by atoms with Crippen molar-refractivity contribution < 1.29 is 0 Å². The molecule has 0 aliphatic heterocycles. The molecule has 0 fully saturated rings. The minimum absolute atomic E-state index is 0.822. The summed E-state index contributed by atoms with van der Waals surface area (Å²) in [5.74, 6) is 0. The van der Waals surface area contributed by atoms with E-state index in [1.54, 1.807) is 11.3 Å². The van der Waals surface area contributed by atoms with Crippen molar-refractivity contribution in [1.29, 1.82) is 0 Å². The molecule has 1 N–H and O–H groups in total. The number of rotatable bonds is 6. The van der Waals surface area contributed by atoms with Crippen LogP contribution in [0.15, 0.2) is 34.2 Å². The van der Waals surface area contributed by atoms with Gasteiger partial charge in [-0.2, -0.15) is 0 Å². The first-order valence-corrected chi connectivity index (χ1v) is 7.96. The Labute approximate surface area is 126 Å². The SMILES string of the molecule is CCNCc1cc(N(C)Cc2cc(Br)cs2)ccn1. The number of nitrogens with one attached hydrogen (secondary N) is 1. The van der Waals surface area contributed by atoms with Crippen LogP contribution in [0.1, 0.15) is 17.5 Å². The van der Waals surface area contributed by atoms with E-state index in [0.29, 0.717) is 0 Å². The third-order valence-electron chi connectivity index (χ3n) is 2.81. The van der Waals surface area contributed by atoms with Gasteiger partial charge in [0, 0.05) is 40.2 Å². The highest BCUT2D eigenvalue weighted by Gasteiger charge is 2.05. The Bertz CT molecular complexity index is 527. The van der Waals surface area contributed by atoms with Crippen molar-refractivity contribution in [2.24, 2.45) is 0 Å². The molecule has 0 radical (unpaired) electrons. The van der Waals surface area contributed by atoms with Crippen molar-refractivity contribution in [2.75, 3.05) is 18.5 Å². The van der Waals surface area contributed by atoms with E-state index in [-0.39, 0.29) is 0 Å². The summed E-state index contributed by atoms with van der Waals surface area (Å²) in [6.45, 7) is 4.80. The molecule has 2 heterocycles. The van der Waals surface area contributed by atoms with Crippen molar-refractivity contribution in [2.45, 2.75) is 20.0 Å². The molecule has 3 nitrogen and oxygen atoms in total. The number of hydrogen-bond donors (Lipinski definition) is 1. The molecule has 0 saturated heterocycles. The third kappa shape index (κ3) is 4.30. The molecule has 0 spiro atoms. The highest BCUT2D eigenvalue weighted by atomic mass is 79.9. The van der Waals surface area contributed by atoms with Crippen molar-refractivity contribution >= 4 is 33.0 Å². The molecule has 5 heteroatoms. The summed E-state index contributed by atoms with van der Waals surface area (Å²) >= 11 is 5.27. The van der Waals surface area contributed by atoms with E-state index < -0.39 is 0 Å². The lowest BCUT2D eigenvalue weighted by atomic mass is 10.3. The van der Waals surface area contributed by atoms with Crippen LogP contribution in [0.3, 0.4) is 0 Å². The van der Waals surface area contributed by atoms with Crippen LogP contribution in [-0.2, 0) is 13.1 Å². The molecular weight excluding hydrogens is 322 g/mol. The second-order valence-corrected chi connectivity index (χ2v) is 6.28. The van der Waals surface area contributed by atoms with Gasteiger partial charge >= 0.3 is 0 Å². The van der Waals surface area contributed by atoms with Crippen molar-refractivity contribution in [3.8, 4) is 0 Å². The average molecular weight is 340 g/mol. The summed E-state index contributed by atoms with van der Waals surface area (Å²) in [7, 11) is 2.11. The Morgan fingerprint density at radius 3 is 2.95 bits per heavy atom. The maximum Gasteiger partial charge on any atom is 0.0562 e. The number of nitrogens with zero attached hydrogens (tertiary/aromatic N) is 2. The van der Waals surface area contributed by atoms with Gasteiger partial charge in [-0.15, -0.1) is 11.3 Å². The van der Waals surface area contributed by atoms with Gasteiger partial charge in [-0.05, 0) is 40.7 Å². The Kier molecular flexibility index (Phi) is 5.36. The van der Waals surface area contributed by atoms with Crippen molar-refractivity contribution in [3.05, 3.63) is 44.8 Å². The molecule has 19 heavy (non-hydrogen) atoms. The second kappa shape index (κ2) is 7.03. The fourth-order valence-corrected chi connectivity index (χ4v) is 3.32. The van der Waals surface area contributed by atoms with Crippen LogP contribution < -0.4 is 10.2 Å². The smallest absolute Gasteiger partial charge is 0.0562 e. The van der Waals surface area contributed by atoms with Gasteiger partial charge in [-0.25, -0.2) is 0 Å². The number of thiophene rings is 1. The zero-order valence-electron chi connectivity index (χ0n) is 11.2. The molecule has 2 aromatic rings. The molecule has 0 amide bonds. The lowest BCUT2D eigenvalue weighted by Crippen LogP contribution is -2.17. The Balaban J connectivity index is 2.03. The van der Waals surface area contributed by atoms with Crippen LogP contribution in [0.2, 0.25) is 0 Å². The first kappa shape index (κ1) is 14.5. The van der Waals surface area contributed by atoms with E-state index in [0.717, 1.165) is 29.8 Å². The summed E-state index contributed by atoms with van der Waals surface area (Å²) in [6, 6.07) is 6.37. The van der Waals surface area contributed by atoms with Gasteiger partial charge in [0.1, 0.15) is 0 Å². The predicted molar refractivity (Wildman–Crippen MR) is 85.7 cm³/mol. The molecule has 0 aromatic carbocycles. The number of anilines is 1.